The van der Waals surface area contributed by atoms with Gasteiger partial charge >= 0.3 is 0 Å². The third kappa shape index (κ3) is 43.4. The molecule has 0 atom stereocenters. The fraction of sp³-hybridized carbons (Fsp3) is 0.286. The van der Waals surface area contributed by atoms with Crippen molar-refractivity contribution in [1.82, 2.24) is 0 Å². The fourth-order valence-electron chi connectivity index (χ4n) is 0.192. The van der Waals surface area contributed by atoms with Crippen LogP contribution in [0.4, 0.5) is 0 Å². The van der Waals surface area contributed by atoms with Crippen LogP contribution in [0.5, 0.6) is 0 Å². The Balaban J connectivity index is -0.000000173. The van der Waals surface area contributed by atoms with Gasteiger partial charge in [0.25, 0.3) is 0 Å². The molecule has 2 N–H and O–H groups in total. The van der Waals surface area contributed by atoms with E-state index in [1.165, 1.54) is 0 Å². The normalized spacial score (nSPS) is 7.15. The molecule has 0 saturated heterocycles. The average molecular weight is 335 g/mol. The van der Waals surface area contributed by atoms with Gasteiger partial charge in [-0.1, -0.05) is 46.0 Å². The standard InChI is InChI=1S/C6H10S2.CH3NS2.Mo/c1-3-5-7-8-6-4-2;2-1(3)4;/h3-4H,1-2,5-6H2;(H3,2,3,4);. The quantitative estimate of drug-likeness (QED) is 0.202. The molecule has 0 aromatic rings. The van der Waals surface area contributed by atoms with Crippen molar-refractivity contribution in [2.24, 2.45) is 5.73 Å². The van der Waals surface area contributed by atoms with Crippen molar-refractivity contribution >= 4 is 50.8 Å². The van der Waals surface area contributed by atoms with Gasteiger partial charge in [0.05, 0.1) is 0 Å². The summed E-state index contributed by atoms with van der Waals surface area (Å²) in [5.41, 5.74) is 4.71. The summed E-state index contributed by atoms with van der Waals surface area (Å²) < 4.78 is 0.194. The van der Waals surface area contributed by atoms with E-state index in [0.717, 1.165) is 11.5 Å². The molecule has 0 aromatic heterocycles. The average Bonchev–Trinajstić information content (AvgIpc) is 1.97. The van der Waals surface area contributed by atoms with Crippen molar-refractivity contribution in [1.29, 1.82) is 0 Å². The van der Waals surface area contributed by atoms with Crippen LogP contribution in [0.25, 0.3) is 0 Å². The number of thiol groups is 1. The molecular weight excluding hydrogens is 322 g/mol. The van der Waals surface area contributed by atoms with Crippen molar-refractivity contribution in [3.05, 3.63) is 25.3 Å². The van der Waals surface area contributed by atoms with Gasteiger partial charge in [-0.15, -0.1) is 25.8 Å². The number of thiocarbonyl (C=S) groups is 1. The smallest absolute Gasteiger partial charge is 0.128 e. The summed E-state index contributed by atoms with van der Waals surface area (Å²) in [6, 6.07) is 0. The van der Waals surface area contributed by atoms with Crippen LogP contribution in [0, 0.1) is 0 Å². The van der Waals surface area contributed by atoms with Crippen molar-refractivity contribution in [2.75, 3.05) is 11.5 Å². The van der Waals surface area contributed by atoms with Crippen LogP contribution in [0.2, 0.25) is 0 Å². The molecule has 13 heavy (non-hydrogen) atoms. The van der Waals surface area contributed by atoms with E-state index in [4.69, 9.17) is 5.73 Å². The van der Waals surface area contributed by atoms with Gasteiger partial charge in [0.2, 0.25) is 0 Å². The summed E-state index contributed by atoms with van der Waals surface area (Å²) >= 11 is 7.65. The van der Waals surface area contributed by atoms with Gasteiger partial charge in [0.1, 0.15) is 4.32 Å². The Hall–Kier alpha value is 1.11. The number of rotatable bonds is 5. The van der Waals surface area contributed by atoms with Crippen molar-refractivity contribution in [3.8, 4) is 0 Å². The molecule has 0 aliphatic rings. The Morgan fingerprint density at radius 1 is 1.31 bits per heavy atom. The third-order valence-electron chi connectivity index (χ3n) is 0.455. The van der Waals surface area contributed by atoms with Crippen molar-refractivity contribution in [3.63, 3.8) is 0 Å². The van der Waals surface area contributed by atoms with Gasteiger partial charge < -0.3 is 5.73 Å². The predicted molar refractivity (Wildman–Crippen MR) is 71.1 cm³/mol. The minimum absolute atomic E-state index is 0. The van der Waals surface area contributed by atoms with Crippen LogP contribution in [0.1, 0.15) is 0 Å². The maximum absolute atomic E-state index is 4.71. The molecule has 0 radical (unpaired) electrons. The van der Waals surface area contributed by atoms with Gasteiger partial charge in [0.15, 0.2) is 0 Å². The summed E-state index contributed by atoms with van der Waals surface area (Å²) in [5, 5.41) is 0. The van der Waals surface area contributed by atoms with Gasteiger partial charge in [-0.05, 0) is 0 Å². The molecule has 0 aliphatic heterocycles. The van der Waals surface area contributed by atoms with Crippen molar-refractivity contribution < 1.29 is 21.1 Å². The van der Waals surface area contributed by atoms with Crippen LogP contribution in [-0.2, 0) is 21.1 Å². The van der Waals surface area contributed by atoms with Gasteiger partial charge in [0, 0.05) is 32.6 Å². The third-order valence-corrected chi connectivity index (χ3v) is 2.68. The van der Waals surface area contributed by atoms with E-state index in [1.807, 2.05) is 12.2 Å². The fourth-order valence-corrected chi connectivity index (χ4v) is 1.73. The van der Waals surface area contributed by atoms with E-state index in [-0.39, 0.29) is 25.4 Å². The largest absolute Gasteiger partial charge is 0.385 e. The van der Waals surface area contributed by atoms with Crippen LogP contribution in [0.15, 0.2) is 25.3 Å². The molecule has 6 heteroatoms. The molecule has 0 saturated carbocycles. The number of nitrogens with two attached hydrogens (primary N) is 1. The monoisotopic (exact) mass is 337 g/mol. The molecular formula is C7H13MoNS4. The second-order valence-corrected chi connectivity index (χ2v) is 5.26. The predicted octanol–water partition coefficient (Wildman–Crippen LogP) is 2.90. The topological polar surface area (TPSA) is 26.0 Å². The van der Waals surface area contributed by atoms with E-state index in [2.05, 4.69) is 38.0 Å². The first-order valence-electron chi connectivity index (χ1n) is 3.09. The zero-order valence-electron chi connectivity index (χ0n) is 7.14. The van der Waals surface area contributed by atoms with E-state index >= 15 is 0 Å². The zero-order valence-corrected chi connectivity index (χ0v) is 12.5. The molecule has 0 unspecified atom stereocenters. The first-order chi connectivity index (χ1) is 5.65. The van der Waals surface area contributed by atoms with Crippen LogP contribution >= 0.6 is 46.4 Å². The summed E-state index contributed by atoms with van der Waals surface area (Å²) in [4.78, 5) is 0. The molecule has 0 rings (SSSR count). The molecule has 0 aromatic carbocycles. The van der Waals surface area contributed by atoms with E-state index in [1.54, 1.807) is 21.6 Å². The minimum atomic E-state index is 0. The Labute approximate surface area is 113 Å². The molecule has 1 nitrogen and oxygen atoms in total. The summed E-state index contributed by atoms with van der Waals surface area (Å²) in [6.45, 7) is 7.20. The Morgan fingerprint density at radius 2 is 1.54 bits per heavy atom. The second-order valence-electron chi connectivity index (χ2n) is 1.48. The molecule has 0 bridgehead atoms. The molecule has 0 amide bonds. The SMILES string of the molecule is C=CCSSCC=C.NC(=S)S.[Mo]. The summed E-state index contributed by atoms with van der Waals surface area (Å²) in [6.07, 6.45) is 3.81. The minimum Gasteiger partial charge on any atom is -0.385 e. The zero-order chi connectivity index (χ0) is 9.82. The Bertz CT molecular complexity index is 126. The maximum atomic E-state index is 4.71. The van der Waals surface area contributed by atoms with E-state index < -0.39 is 0 Å². The molecule has 76 valence electrons. The van der Waals surface area contributed by atoms with E-state index in [0.29, 0.717) is 0 Å². The molecule has 0 aliphatic carbocycles. The van der Waals surface area contributed by atoms with E-state index in [9.17, 15) is 0 Å². The second kappa shape index (κ2) is 18.8. The van der Waals surface area contributed by atoms with Gasteiger partial charge in [-0.25, -0.2) is 0 Å². The first kappa shape index (κ1) is 19.6. The van der Waals surface area contributed by atoms with Crippen LogP contribution in [0.3, 0.4) is 0 Å². The number of hydrogen-bond donors (Lipinski definition) is 2. The van der Waals surface area contributed by atoms with Gasteiger partial charge in [-0.2, -0.15) is 0 Å². The van der Waals surface area contributed by atoms with Crippen LogP contribution in [-0.4, -0.2) is 15.8 Å². The Morgan fingerprint density at radius 3 is 1.69 bits per heavy atom. The molecule has 0 spiro atoms. The maximum Gasteiger partial charge on any atom is 0.128 e. The first-order valence-corrected chi connectivity index (χ1v) is 6.44. The van der Waals surface area contributed by atoms with Crippen LogP contribution < -0.4 is 5.73 Å². The van der Waals surface area contributed by atoms with Gasteiger partial charge in [-0.3, -0.25) is 0 Å². The summed E-state index contributed by atoms with van der Waals surface area (Å²) in [7, 11) is 3.61. The summed E-state index contributed by atoms with van der Waals surface area (Å²) in [5.74, 6) is 2.05. The van der Waals surface area contributed by atoms with Crippen molar-refractivity contribution in [2.45, 2.75) is 0 Å². The molecule has 0 heterocycles. The molecule has 0 fully saturated rings. The number of hydrogen-bond acceptors (Lipinski definition) is 3. The Kier molecular flexibility index (Phi) is 28.4.